The van der Waals surface area contributed by atoms with E-state index >= 15 is 0 Å². The summed E-state index contributed by atoms with van der Waals surface area (Å²) in [5.74, 6) is 0.603. The Morgan fingerprint density at radius 3 is 2.83 bits per heavy atom. The van der Waals surface area contributed by atoms with Gasteiger partial charge in [0.25, 0.3) is 0 Å². The topological polar surface area (TPSA) is 116 Å². The van der Waals surface area contributed by atoms with E-state index in [2.05, 4.69) is 50.2 Å². The van der Waals surface area contributed by atoms with Gasteiger partial charge < -0.3 is 5.32 Å². The summed E-state index contributed by atoms with van der Waals surface area (Å²) in [6.45, 7) is 4.19. The van der Waals surface area contributed by atoms with Crippen molar-refractivity contribution in [2.24, 2.45) is 5.41 Å². The molecule has 29 heavy (non-hydrogen) atoms. The zero-order valence-corrected chi connectivity index (χ0v) is 15.9. The third-order valence-corrected chi connectivity index (χ3v) is 5.69. The monoisotopic (exact) mass is 387 g/mol. The van der Waals surface area contributed by atoms with Gasteiger partial charge in [-0.05, 0) is 44.8 Å². The molecule has 10 nitrogen and oxygen atoms in total. The van der Waals surface area contributed by atoms with Crippen LogP contribution >= 0.6 is 0 Å². The van der Waals surface area contributed by atoms with E-state index in [1.807, 2.05) is 30.3 Å². The second-order valence-corrected chi connectivity index (χ2v) is 8.38. The Bertz CT molecular complexity index is 1350. The molecular weight excluding hydrogens is 370 g/mol. The van der Waals surface area contributed by atoms with Crippen LogP contribution in [0.25, 0.3) is 16.6 Å². The normalized spacial score (nSPS) is 20.6. The average molecular weight is 387 g/mol. The lowest BCUT2D eigenvalue weighted by atomic mass is 9.73. The molecule has 2 aliphatic rings. The molecule has 0 bridgehead atoms. The van der Waals surface area contributed by atoms with Crippen molar-refractivity contribution < 1.29 is 4.79 Å². The van der Waals surface area contributed by atoms with E-state index in [4.69, 9.17) is 0 Å². The summed E-state index contributed by atoms with van der Waals surface area (Å²) < 4.78 is 3.35. The number of nitrogens with one attached hydrogen (secondary N) is 1. The van der Waals surface area contributed by atoms with Crippen molar-refractivity contribution in [3.63, 3.8) is 0 Å². The highest BCUT2D eigenvalue weighted by Gasteiger charge is 2.42. The Morgan fingerprint density at radius 1 is 1.10 bits per heavy atom. The number of Topliss-reactive ketones (excluding diaryl/α,β-unsaturated/α-hetero) is 1. The largest absolute Gasteiger partial charge is 0.326 e. The third-order valence-electron chi connectivity index (χ3n) is 5.69. The number of allylic oxidation sites excluding steroid dienone is 2. The Hall–Kier alpha value is -3.69. The van der Waals surface area contributed by atoms with Crippen molar-refractivity contribution in [3.05, 3.63) is 47.2 Å². The van der Waals surface area contributed by atoms with E-state index in [-0.39, 0.29) is 11.2 Å². The molecule has 1 N–H and O–H groups in total. The highest BCUT2D eigenvalue weighted by molar-refractivity contribution is 6.00. The first-order chi connectivity index (χ1) is 14.0. The summed E-state index contributed by atoms with van der Waals surface area (Å²) in [5, 5.41) is 28.7. The van der Waals surface area contributed by atoms with Crippen molar-refractivity contribution in [1.29, 1.82) is 0 Å². The van der Waals surface area contributed by atoms with Gasteiger partial charge in [0.15, 0.2) is 11.4 Å². The fourth-order valence-electron chi connectivity index (χ4n) is 4.52. The van der Waals surface area contributed by atoms with Crippen molar-refractivity contribution in [3.8, 4) is 0 Å². The number of aromatic nitrogens is 8. The molecule has 3 aromatic heterocycles. The molecule has 0 fully saturated rings. The summed E-state index contributed by atoms with van der Waals surface area (Å²) in [7, 11) is 0. The molecular formula is C19H17N9O. The molecule has 0 amide bonds. The Balaban J connectivity index is 1.68. The quantitative estimate of drug-likeness (QED) is 0.527. The summed E-state index contributed by atoms with van der Waals surface area (Å²) >= 11 is 0. The van der Waals surface area contributed by atoms with Gasteiger partial charge in [-0.25, -0.2) is 0 Å². The van der Waals surface area contributed by atoms with E-state index in [1.165, 1.54) is 0 Å². The van der Waals surface area contributed by atoms with E-state index in [9.17, 15) is 4.79 Å². The van der Waals surface area contributed by atoms with Crippen molar-refractivity contribution >= 4 is 28.3 Å². The van der Waals surface area contributed by atoms with Gasteiger partial charge in [-0.1, -0.05) is 37.1 Å². The van der Waals surface area contributed by atoms with Gasteiger partial charge in [0.1, 0.15) is 6.04 Å². The highest BCUT2D eigenvalue weighted by Crippen LogP contribution is 2.45. The minimum Gasteiger partial charge on any atom is -0.326 e. The Morgan fingerprint density at radius 2 is 1.93 bits per heavy atom. The Kier molecular flexibility index (Phi) is 3.05. The average Bonchev–Trinajstić information content (AvgIpc) is 3.34. The number of carbonyl (C=O) groups is 1. The number of carbonyl (C=O) groups excluding carboxylic acids is 1. The van der Waals surface area contributed by atoms with Crippen LogP contribution in [0.3, 0.4) is 0 Å². The summed E-state index contributed by atoms with van der Waals surface area (Å²) in [6.07, 6.45) is 1.21. The standard InChI is InChI=1S/C19H17N9O/c1-19(2)8-12-15(14(29)9-19)16(28-18(20-12)22-24-26-28)11-7-10-5-3-4-6-13(10)27-17(11)21-23-25-27/h3-7,16H,8-9H2,1-2H3,(H,20,22,26). The maximum absolute atomic E-state index is 13.3. The molecule has 1 unspecified atom stereocenters. The number of para-hydroxylation sites is 1. The fraction of sp³-hybridized carbons (Fsp3) is 0.316. The van der Waals surface area contributed by atoms with Crippen LogP contribution in [-0.2, 0) is 4.79 Å². The third kappa shape index (κ3) is 2.25. The molecule has 0 radical (unpaired) electrons. The van der Waals surface area contributed by atoms with Crippen LogP contribution in [0.2, 0.25) is 0 Å². The summed E-state index contributed by atoms with van der Waals surface area (Å²) in [5.41, 5.74) is 3.71. The number of fused-ring (bicyclic) bond motifs is 4. The number of benzene rings is 1. The van der Waals surface area contributed by atoms with Crippen LogP contribution in [-0.4, -0.2) is 46.0 Å². The van der Waals surface area contributed by atoms with Gasteiger partial charge in [0, 0.05) is 28.6 Å². The van der Waals surface area contributed by atoms with Gasteiger partial charge in [-0.3, -0.25) is 4.79 Å². The SMILES string of the molecule is CC1(C)CC(=O)C2=C(C1)Nc1nnnn1C2c1cc2ccccc2n2nnnc12. The summed E-state index contributed by atoms with van der Waals surface area (Å²) in [4.78, 5) is 13.3. The first kappa shape index (κ1) is 16.3. The first-order valence-electron chi connectivity index (χ1n) is 9.43. The van der Waals surface area contributed by atoms with E-state index in [0.29, 0.717) is 23.6 Å². The van der Waals surface area contributed by atoms with Crippen LogP contribution < -0.4 is 5.32 Å². The summed E-state index contributed by atoms with van der Waals surface area (Å²) in [6, 6.07) is 9.42. The number of hydrogen-bond donors (Lipinski definition) is 1. The number of anilines is 1. The molecule has 144 valence electrons. The van der Waals surface area contributed by atoms with E-state index < -0.39 is 6.04 Å². The van der Waals surface area contributed by atoms with Gasteiger partial charge >= 0.3 is 0 Å². The lowest BCUT2D eigenvalue weighted by molar-refractivity contribution is -0.118. The second-order valence-electron chi connectivity index (χ2n) is 8.38. The number of tetrazole rings is 2. The predicted octanol–water partition coefficient (Wildman–Crippen LogP) is 1.92. The fourth-order valence-corrected chi connectivity index (χ4v) is 4.52. The maximum atomic E-state index is 13.3. The highest BCUT2D eigenvalue weighted by atomic mass is 16.1. The van der Waals surface area contributed by atoms with Crippen molar-refractivity contribution in [1.82, 2.24) is 40.2 Å². The van der Waals surface area contributed by atoms with Crippen LogP contribution in [0.15, 0.2) is 41.6 Å². The molecule has 1 aromatic carbocycles. The van der Waals surface area contributed by atoms with Gasteiger partial charge in [0.05, 0.1) is 5.52 Å². The predicted molar refractivity (Wildman–Crippen MR) is 103 cm³/mol. The van der Waals surface area contributed by atoms with Gasteiger partial charge in [-0.15, -0.1) is 5.10 Å². The molecule has 0 saturated heterocycles. The van der Waals surface area contributed by atoms with Gasteiger partial charge in [-0.2, -0.15) is 9.20 Å². The first-order valence-corrected chi connectivity index (χ1v) is 9.43. The van der Waals surface area contributed by atoms with Gasteiger partial charge in [0.2, 0.25) is 5.95 Å². The molecule has 0 spiro atoms. The minimum absolute atomic E-state index is 0.0914. The smallest absolute Gasteiger partial charge is 0.248 e. The van der Waals surface area contributed by atoms with Crippen LogP contribution in [0.5, 0.6) is 0 Å². The zero-order valence-electron chi connectivity index (χ0n) is 15.9. The minimum atomic E-state index is -0.488. The molecule has 4 aromatic rings. The molecule has 0 saturated carbocycles. The zero-order chi connectivity index (χ0) is 19.8. The number of hydrogen-bond acceptors (Lipinski definition) is 8. The number of ketones is 1. The van der Waals surface area contributed by atoms with Crippen molar-refractivity contribution in [2.45, 2.75) is 32.7 Å². The number of rotatable bonds is 1. The maximum Gasteiger partial charge on any atom is 0.248 e. The number of nitrogens with zero attached hydrogens (tertiary/aromatic N) is 8. The van der Waals surface area contributed by atoms with Crippen LogP contribution in [0.1, 0.15) is 38.3 Å². The van der Waals surface area contributed by atoms with E-state index in [1.54, 1.807) is 9.20 Å². The lowest BCUT2D eigenvalue weighted by Gasteiger charge is -2.37. The van der Waals surface area contributed by atoms with Crippen molar-refractivity contribution in [2.75, 3.05) is 5.32 Å². The van der Waals surface area contributed by atoms with Crippen LogP contribution in [0, 0.1) is 5.41 Å². The van der Waals surface area contributed by atoms with E-state index in [0.717, 1.165) is 28.6 Å². The Labute approximate surface area is 164 Å². The molecule has 6 rings (SSSR count). The molecule has 10 heteroatoms. The second kappa shape index (κ2) is 5.43. The lowest BCUT2D eigenvalue weighted by Crippen LogP contribution is -2.36. The number of pyridine rings is 1. The molecule has 1 aliphatic heterocycles. The molecule has 1 atom stereocenters. The molecule has 1 aliphatic carbocycles. The van der Waals surface area contributed by atoms with Crippen LogP contribution in [0.4, 0.5) is 5.95 Å². The molecule has 4 heterocycles.